The second-order valence-electron chi connectivity index (χ2n) is 19.8. The minimum atomic E-state index is -0.795. The summed E-state index contributed by atoms with van der Waals surface area (Å²) >= 11 is 0. The van der Waals surface area contributed by atoms with Crippen molar-refractivity contribution in [2.45, 2.75) is 290 Å². The lowest BCUT2D eigenvalue weighted by atomic mass is 10.0. The highest BCUT2D eigenvalue weighted by Crippen LogP contribution is 2.15. The van der Waals surface area contributed by atoms with Gasteiger partial charge in [0.15, 0.2) is 6.10 Å². The van der Waals surface area contributed by atoms with Crippen molar-refractivity contribution in [3.8, 4) is 0 Å². The van der Waals surface area contributed by atoms with Gasteiger partial charge in [0.2, 0.25) is 0 Å². The molecule has 0 saturated heterocycles. The van der Waals surface area contributed by atoms with E-state index in [9.17, 15) is 14.4 Å². The fraction of sp³-hybridized carbons (Fsp3) is 0.712. The van der Waals surface area contributed by atoms with Crippen molar-refractivity contribution in [1.82, 2.24) is 0 Å². The maximum atomic E-state index is 12.9. The predicted molar refractivity (Wildman–Crippen MR) is 311 cm³/mol. The van der Waals surface area contributed by atoms with Crippen LogP contribution in [0.25, 0.3) is 0 Å². The van der Waals surface area contributed by atoms with Crippen molar-refractivity contribution in [2.24, 2.45) is 0 Å². The lowest BCUT2D eigenvalue weighted by Crippen LogP contribution is -2.30. The molecule has 0 aromatic carbocycles. The largest absolute Gasteiger partial charge is 0.462 e. The second kappa shape index (κ2) is 59.9. The average Bonchev–Trinajstić information content (AvgIpc) is 3.38. The number of hydrogen-bond donors (Lipinski definition) is 0. The van der Waals surface area contributed by atoms with Crippen LogP contribution in [-0.2, 0) is 28.6 Å². The molecule has 72 heavy (non-hydrogen) atoms. The van der Waals surface area contributed by atoms with Crippen LogP contribution in [0.5, 0.6) is 0 Å². The first kappa shape index (κ1) is 68.3. The zero-order chi connectivity index (χ0) is 52.2. The van der Waals surface area contributed by atoms with Crippen LogP contribution in [0.15, 0.2) is 97.2 Å². The van der Waals surface area contributed by atoms with Crippen LogP contribution in [0.4, 0.5) is 0 Å². The van der Waals surface area contributed by atoms with Gasteiger partial charge in [-0.25, -0.2) is 0 Å². The molecule has 0 fully saturated rings. The van der Waals surface area contributed by atoms with Crippen LogP contribution >= 0.6 is 0 Å². The molecule has 0 aliphatic heterocycles. The van der Waals surface area contributed by atoms with Crippen molar-refractivity contribution >= 4 is 17.9 Å². The van der Waals surface area contributed by atoms with Crippen molar-refractivity contribution < 1.29 is 28.6 Å². The van der Waals surface area contributed by atoms with Gasteiger partial charge in [-0.2, -0.15) is 0 Å². The van der Waals surface area contributed by atoms with Crippen LogP contribution < -0.4 is 0 Å². The zero-order valence-electron chi connectivity index (χ0n) is 47.2. The molecule has 0 saturated carbocycles. The SMILES string of the molecule is CC/C=C\C/C=C\C/C=C\C/C=C\CCCCCCCCCCCCCCC(=O)OCC(COC(=O)CCCCC/C=C\C/C=C\C/C=C\CC)OC(=O)CCCCCCC/C=C\CCCCCCCCC. The van der Waals surface area contributed by atoms with Gasteiger partial charge in [-0.1, -0.05) is 246 Å². The number of esters is 3. The van der Waals surface area contributed by atoms with Crippen molar-refractivity contribution in [3.63, 3.8) is 0 Å². The third-order valence-corrected chi connectivity index (χ3v) is 12.8. The molecule has 6 nitrogen and oxygen atoms in total. The smallest absolute Gasteiger partial charge is 0.306 e. The highest BCUT2D eigenvalue weighted by molar-refractivity contribution is 5.71. The molecule has 0 bridgehead atoms. The van der Waals surface area contributed by atoms with Gasteiger partial charge >= 0.3 is 17.9 Å². The number of carbonyl (C=O) groups excluding carboxylic acids is 3. The van der Waals surface area contributed by atoms with Gasteiger partial charge in [-0.05, 0) is 116 Å². The molecule has 0 aromatic rings. The Morgan fingerprint density at radius 2 is 0.542 bits per heavy atom. The zero-order valence-corrected chi connectivity index (χ0v) is 47.2. The summed E-state index contributed by atoms with van der Waals surface area (Å²) in [7, 11) is 0. The normalized spacial score (nSPS) is 12.8. The Morgan fingerprint density at radius 1 is 0.292 bits per heavy atom. The molecule has 0 rings (SSSR count). The van der Waals surface area contributed by atoms with Gasteiger partial charge in [-0.15, -0.1) is 0 Å². The minimum Gasteiger partial charge on any atom is -0.462 e. The fourth-order valence-corrected chi connectivity index (χ4v) is 8.33. The molecule has 0 N–H and O–H groups in total. The minimum absolute atomic E-state index is 0.0907. The summed E-state index contributed by atoms with van der Waals surface area (Å²) in [4.78, 5) is 38.2. The van der Waals surface area contributed by atoms with Crippen LogP contribution in [0.2, 0.25) is 0 Å². The Balaban J connectivity index is 4.33. The summed E-state index contributed by atoms with van der Waals surface area (Å²) in [5.74, 6) is -0.926. The molecule has 1 atom stereocenters. The topological polar surface area (TPSA) is 78.9 Å². The Hall–Kier alpha value is -3.67. The van der Waals surface area contributed by atoms with Gasteiger partial charge < -0.3 is 14.2 Å². The summed E-state index contributed by atoms with van der Waals surface area (Å²) in [5, 5.41) is 0. The van der Waals surface area contributed by atoms with Crippen LogP contribution in [0.3, 0.4) is 0 Å². The quantitative estimate of drug-likeness (QED) is 0.0261. The third kappa shape index (κ3) is 57.2. The molecule has 0 spiro atoms. The maximum absolute atomic E-state index is 12.9. The lowest BCUT2D eigenvalue weighted by molar-refractivity contribution is -0.167. The summed E-state index contributed by atoms with van der Waals surface area (Å²) in [6, 6.07) is 0. The summed E-state index contributed by atoms with van der Waals surface area (Å²) in [5.41, 5.74) is 0. The number of rotatable bonds is 54. The number of carbonyl (C=O) groups is 3. The van der Waals surface area contributed by atoms with E-state index in [0.717, 1.165) is 122 Å². The summed E-state index contributed by atoms with van der Waals surface area (Å²) < 4.78 is 16.9. The first-order valence-electron chi connectivity index (χ1n) is 30.2. The van der Waals surface area contributed by atoms with Gasteiger partial charge in [0.1, 0.15) is 13.2 Å². The Bertz CT molecular complexity index is 1430. The van der Waals surface area contributed by atoms with Crippen molar-refractivity contribution in [1.29, 1.82) is 0 Å². The van der Waals surface area contributed by atoms with E-state index in [2.05, 4.69) is 118 Å². The number of ether oxygens (including phenoxy) is 3. The number of hydrogen-bond acceptors (Lipinski definition) is 6. The Kier molecular flexibility index (Phi) is 56.8. The van der Waals surface area contributed by atoms with Crippen molar-refractivity contribution in [2.75, 3.05) is 13.2 Å². The average molecular weight is 1000 g/mol. The monoisotopic (exact) mass is 1000 g/mol. The van der Waals surface area contributed by atoms with E-state index in [1.54, 1.807) is 0 Å². The van der Waals surface area contributed by atoms with Crippen LogP contribution in [-0.4, -0.2) is 37.2 Å². The molecule has 0 aliphatic carbocycles. The molecule has 1 unspecified atom stereocenters. The molecular formula is C66H112O6. The van der Waals surface area contributed by atoms with E-state index < -0.39 is 6.10 Å². The van der Waals surface area contributed by atoms with Gasteiger partial charge in [0, 0.05) is 19.3 Å². The summed E-state index contributed by atoms with van der Waals surface area (Å²) in [6.45, 7) is 6.39. The standard InChI is InChI=1S/C66H112O6/c1-4-7-10-13-16-19-22-25-27-29-30-31-32-33-34-35-36-37-39-41-44-47-50-53-56-59-65(68)71-62-63(61-70-64(67)58-55-52-49-46-43-40-24-21-18-15-12-9-6-3)72-66(69)60-57-54-51-48-45-42-38-28-26-23-20-17-14-11-8-5-2/h7,9-10,12,16,18-19,21,25,27-28,30-31,38,40,43,63H,4-6,8,11,13-15,17,20,22-24,26,29,32-37,39,41-42,44-62H2,1-3H3/b10-7-,12-9-,19-16-,21-18-,27-25-,31-30-,38-28-,43-40-. The third-order valence-electron chi connectivity index (χ3n) is 12.8. The van der Waals surface area contributed by atoms with Gasteiger partial charge in [-0.3, -0.25) is 14.4 Å². The van der Waals surface area contributed by atoms with Crippen molar-refractivity contribution in [3.05, 3.63) is 97.2 Å². The Morgan fingerprint density at radius 3 is 0.875 bits per heavy atom. The number of allylic oxidation sites excluding steroid dienone is 16. The molecule has 0 radical (unpaired) electrons. The Labute approximate surface area is 445 Å². The highest BCUT2D eigenvalue weighted by atomic mass is 16.6. The first-order valence-corrected chi connectivity index (χ1v) is 30.2. The molecular weight excluding hydrogens is 889 g/mol. The summed E-state index contributed by atoms with van der Waals surface area (Å²) in [6.07, 6.45) is 79.8. The van der Waals surface area contributed by atoms with E-state index >= 15 is 0 Å². The molecule has 0 amide bonds. The first-order chi connectivity index (χ1) is 35.5. The predicted octanol–water partition coefficient (Wildman–Crippen LogP) is 20.5. The maximum Gasteiger partial charge on any atom is 0.306 e. The molecule has 0 aliphatic rings. The lowest BCUT2D eigenvalue weighted by Gasteiger charge is -2.18. The molecule has 412 valence electrons. The van der Waals surface area contributed by atoms with Crippen LogP contribution in [0, 0.1) is 0 Å². The van der Waals surface area contributed by atoms with E-state index in [-0.39, 0.29) is 31.1 Å². The van der Waals surface area contributed by atoms with E-state index in [4.69, 9.17) is 14.2 Å². The van der Waals surface area contributed by atoms with E-state index in [1.807, 2.05) is 0 Å². The highest BCUT2D eigenvalue weighted by Gasteiger charge is 2.19. The fourth-order valence-electron chi connectivity index (χ4n) is 8.33. The second-order valence-corrected chi connectivity index (χ2v) is 19.8. The van der Waals surface area contributed by atoms with Gasteiger partial charge in [0.05, 0.1) is 0 Å². The molecule has 0 aromatic heterocycles. The molecule has 6 heteroatoms. The van der Waals surface area contributed by atoms with Gasteiger partial charge in [0.25, 0.3) is 0 Å². The van der Waals surface area contributed by atoms with Crippen LogP contribution in [0.1, 0.15) is 284 Å². The molecule has 0 heterocycles. The van der Waals surface area contributed by atoms with E-state index in [1.165, 1.54) is 122 Å². The number of unbranched alkanes of at least 4 members (excludes halogenated alkanes) is 27. The van der Waals surface area contributed by atoms with E-state index in [0.29, 0.717) is 19.3 Å².